The van der Waals surface area contributed by atoms with Crippen LogP contribution >= 0.6 is 11.3 Å². The first-order chi connectivity index (χ1) is 6.35. The van der Waals surface area contributed by atoms with Crippen molar-refractivity contribution in [1.82, 2.24) is 4.98 Å². The molecule has 78 valence electrons. The fourth-order valence-electron chi connectivity index (χ4n) is 2.10. The second kappa shape index (κ2) is 2.72. The molecular weight excluding hydrogens is 192 g/mol. The molecule has 1 saturated carbocycles. The van der Waals surface area contributed by atoms with Crippen molar-refractivity contribution in [2.75, 3.05) is 5.32 Å². The Bertz CT molecular complexity index is 338. The quantitative estimate of drug-likeness (QED) is 0.810. The lowest BCUT2D eigenvalue weighted by molar-refractivity contribution is 0.457. The van der Waals surface area contributed by atoms with E-state index in [1.807, 2.05) is 6.92 Å². The Morgan fingerprint density at radius 1 is 1.29 bits per heavy atom. The van der Waals surface area contributed by atoms with Gasteiger partial charge in [-0.25, -0.2) is 4.98 Å². The van der Waals surface area contributed by atoms with Crippen molar-refractivity contribution in [2.45, 2.75) is 40.7 Å². The van der Waals surface area contributed by atoms with Gasteiger partial charge in [0.05, 0.1) is 5.69 Å². The largest absolute Gasteiger partial charge is 0.358 e. The topological polar surface area (TPSA) is 24.9 Å². The highest BCUT2D eigenvalue weighted by Crippen LogP contribution is 2.63. The average Bonchev–Trinajstić information content (AvgIpc) is 2.47. The maximum atomic E-state index is 4.43. The molecule has 0 bridgehead atoms. The molecule has 0 atom stereocenters. The molecule has 2 nitrogen and oxygen atoms in total. The molecule has 1 aromatic rings. The number of aromatic nitrogens is 1. The lowest BCUT2D eigenvalue weighted by Gasteiger charge is -2.02. The fourth-order valence-corrected chi connectivity index (χ4v) is 2.82. The summed E-state index contributed by atoms with van der Waals surface area (Å²) in [4.78, 5) is 4.43. The third kappa shape index (κ3) is 1.26. The molecule has 0 amide bonds. The average molecular weight is 210 g/mol. The van der Waals surface area contributed by atoms with Crippen LogP contribution in [0, 0.1) is 17.8 Å². The van der Waals surface area contributed by atoms with Gasteiger partial charge in [-0.2, -0.15) is 0 Å². The lowest BCUT2D eigenvalue weighted by atomic mass is 10.0. The summed E-state index contributed by atoms with van der Waals surface area (Å²) < 4.78 is 0. The zero-order valence-electron chi connectivity index (χ0n) is 9.51. The summed E-state index contributed by atoms with van der Waals surface area (Å²) in [6.45, 7) is 11.3. The summed E-state index contributed by atoms with van der Waals surface area (Å²) in [5.41, 5.74) is 1.87. The van der Waals surface area contributed by atoms with Crippen molar-refractivity contribution in [3.63, 3.8) is 0 Å². The summed E-state index contributed by atoms with van der Waals surface area (Å²) in [7, 11) is 0. The van der Waals surface area contributed by atoms with Gasteiger partial charge >= 0.3 is 0 Å². The van der Waals surface area contributed by atoms with Gasteiger partial charge in [0.2, 0.25) is 0 Å². The third-order valence-electron chi connectivity index (χ3n) is 3.91. The Morgan fingerprint density at radius 2 is 1.86 bits per heavy atom. The molecule has 2 rings (SSSR count). The number of hydrogen-bond acceptors (Lipinski definition) is 3. The Morgan fingerprint density at radius 3 is 2.21 bits per heavy atom. The molecule has 0 aromatic carbocycles. The number of rotatable bonds is 2. The van der Waals surface area contributed by atoms with E-state index in [0.717, 1.165) is 10.8 Å². The molecule has 14 heavy (non-hydrogen) atoms. The van der Waals surface area contributed by atoms with Gasteiger partial charge in [0.15, 0.2) is 5.13 Å². The number of thiazole rings is 1. The van der Waals surface area contributed by atoms with Gasteiger partial charge in [0.25, 0.3) is 0 Å². The SMILES string of the molecule is Cc1csc(NC2C(C)(C)C2(C)C)n1. The minimum absolute atomic E-state index is 0.382. The molecule has 3 heteroatoms. The predicted molar refractivity (Wildman–Crippen MR) is 61.8 cm³/mol. The van der Waals surface area contributed by atoms with Crippen LogP contribution in [0.15, 0.2) is 5.38 Å². The second-order valence-electron chi connectivity index (χ2n) is 5.31. The Hall–Kier alpha value is -0.570. The van der Waals surface area contributed by atoms with Gasteiger partial charge in [-0.15, -0.1) is 11.3 Å². The molecule has 0 aliphatic heterocycles. The zero-order chi connectivity index (χ0) is 10.6. The normalized spacial score (nSPS) is 23.5. The van der Waals surface area contributed by atoms with Crippen LogP contribution in [0.4, 0.5) is 5.13 Å². The van der Waals surface area contributed by atoms with Crippen molar-refractivity contribution in [1.29, 1.82) is 0 Å². The van der Waals surface area contributed by atoms with Gasteiger partial charge < -0.3 is 5.32 Å². The number of aryl methyl sites for hydroxylation is 1. The van der Waals surface area contributed by atoms with Gasteiger partial charge in [-0.3, -0.25) is 0 Å². The smallest absolute Gasteiger partial charge is 0.183 e. The maximum absolute atomic E-state index is 4.43. The molecule has 0 radical (unpaired) electrons. The van der Waals surface area contributed by atoms with E-state index in [1.54, 1.807) is 11.3 Å². The van der Waals surface area contributed by atoms with Crippen molar-refractivity contribution < 1.29 is 0 Å². The molecule has 1 fully saturated rings. The van der Waals surface area contributed by atoms with Crippen LogP contribution in [0.1, 0.15) is 33.4 Å². The molecule has 1 aliphatic carbocycles. The van der Waals surface area contributed by atoms with Crippen molar-refractivity contribution >= 4 is 16.5 Å². The maximum Gasteiger partial charge on any atom is 0.183 e. The number of nitrogens with zero attached hydrogens (tertiary/aromatic N) is 1. The van der Waals surface area contributed by atoms with E-state index in [1.165, 1.54) is 0 Å². The first-order valence-electron chi connectivity index (χ1n) is 5.04. The van der Waals surface area contributed by atoms with Gasteiger partial charge in [-0.05, 0) is 17.8 Å². The number of anilines is 1. The first kappa shape index (κ1) is 9.97. The Balaban J connectivity index is 2.08. The highest BCUT2D eigenvalue weighted by atomic mass is 32.1. The van der Waals surface area contributed by atoms with E-state index < -0.39 is 0 Å². The lowest BCUT2D eigenvalue weighted by Crippen LogP contribution is -2.09. The van der Waals surface area contributed by atoms with Crippen LogP contribution in [-0.4, -0.2) is 11.0 Å². The monoisotopic (exact) mass is 210 g/mol. The molecule has 1 heterocycles. The summed E-state index contributed by atoms with van der Waals surface area (Å²) in [5, 5.41) is 6.67. The molecule has 0 spiro atoms. The van der Waals surface area contributed by atoms with Crippen LogP contribution in [0.5, 0.6) is 0 Å². The minimum atomic E-state index is 0.382. The van der Waals surface area contributed by atoms with Gasteiger partial charge in [0.1, 0.15) is 0 Å². The van der Waals surface area contributed by atoms with Gasteiger partial charge in [0, 0.05) is 11.4 Å². The van der Waals surface area contributed by atoms with Crippen LogP contribution < -0.4 is 5.32 Å². The highest BCUT2D eigenvalue weighted by Gasteiger charge is 2.65. The van der Waals surface area contributed by atoms with E-state index in [9.17, 15) is 0 Å². The standard InChI is InChI=1S/C11H18N2S/c1-7-6-14-9(12-7)13-8-10(2,3)11(8,4)5/h6,8H,1-5H3,(H,12,13). The zero-order valence-corrected chi connectivity index (χ0v) is 10.3. The molecule has 1 aromatic heterocycles. The molecule has 1 aliphatic rings. The molecular formula is C11H18N2S. The summed E-state index contributed by atoms with van der Waals surface area (Å²) in [6, 6.07) is 0.556. The number of hydrogen-bond donors (Lipinski definition) is 1. The van der Waals surface area contributed by atoms with Crippen molar-refractivity contribution in [2.24, 2.45) is 10.8 Å². The Kier molecular flexibility index (Phi) is 1.94. The minimum Gasteiger partial charge on any atom is -0.358 e. The van der Waals surface area contributed by atoms with E-state index in [2.05, 4.69) is 43.4 Å². The molecule has 1 N–H and O–H groups in total. The highest BCUT2D eigenvalue weighted by molar-refractivity contribution is 7.13. The van der Waals surface area contributed by atoms with Crippen molar-refractivity contribution in [3.05, 3.63) is 11.1 Å². The predicted octanol–water partition coefficient (Wildman–Crippen LogP) is 3.30. The van der Waals surface area contributed by atoms with E-state index in [0.29, 0.717) is 16.9 Å². The summed E-state index contributed by atoms with van der Waals surface area (Å²) in [5.74, 6) is 0. The van der Waals surface area contributed by atoms with E-state index >= 15 is 0 Å². The summed E-state index contributed by atoms with van der Waals surface area (Å²) in [6.07, 6.45) is 0. The van der Waals surface area contributed by atoms with Gasteiger partial charge in [-0.1, -0.05) is 27.7 Å². The van der Waals surface area contributed by atoms with E-state index in [-0.39, 0.29) is 0 Å². The molecule has 0 unspecified atom stereocenters. The van der Waals surface area contributed by atoms with Crippen LogP contribution in [0.3, 0.4) is 0 Å². The van der Waals surface area contributed by atoms with Crippen molar-refractivity contribution in [3.8, 4) is 0 Å². The second-order valence-corrected chi connectivity index (χ2v) is 6.17. The molecule has 0 saturated heterocycles. The first-order valence-corrected chi connectivity index (χ1v) is 5.92. The Labute approximate surface area is 89.8 Å². The van der Waals surface area contributed by atoms with E-state index in [4.69, 9.17) is 0 Å². The van der Waals surface area contributed by atoms with Crippen LogP contribution in [0.25, 0.3) is 0 Å². The summed E-state index contributed by atoms with van der Waals surface area (Å²) >= 11 is 1.70. The number of nitrogens with one attached hydrogen (secondary N) is 1. The third-order valence-corrected chi connectivity index (χ3v) is 4.80. The van der Waals surface area contributed by atoms with Crippen LogP contribution in [0.2, 0.25) is 0 Å². The fraction of sp³-hybridized carbons (Fsp3) is 0.727. The van der Waals surface area contributed by atoms with Crippen LogP contribution in [-0.2, 0) is 0 Å².